The zero-order chi connectivity index (χ0) is 18.6. The predicted molar refractivity (Wildman–Crippen MR) is 104 cm³/mol. The Labute approximate surface area is 156 Å². The van der Waals surface area contributed by atoms with Crippen LogP contribution >= 0.6 is 0 Å². The molecule has 0 radical (unpaired) electrons. The maximum atomic E-state index is 13.2. The van der Waals surface area contributed by atoms with Crippen molar-refractivity contribution < 1.29 is 9.67 Å². The van der Waals surface area contributed by atoms with Crippen molar-refractivity contribution in [3.05, 3.63) is 107 Å². The Kier molecular flexibility index (Phi) is 4.54. The third kappa shape index (κ3) is 3.25. The second-order valence-corrected chi connectivity index (χ2v) is 6.20. The van der Waals surface area contributed by atoms with Crippen LogP contribution in [-0.2, 0) is 6.54 Å². The summed E-state index contributed by atoms with van der Waals surface area (Å²) in [6.45, 7) is 0.376. The van der Waals surface area contributed by atoms with E-state index in [2.05, 4.69) is 0 Å². The molecule has 4 aromatic rings. The highest BCUT2D eigenvalue weighted by Gasteiger charge is 2.18. The lowest BCUT2D eigenvalue weighted by molar-refractivity contribution is -0.706. The summed E-state index contributed by atoms with van der Waals surface area (Å²) < 4.78 is 3.16. The number of pyridine rings is 1. The van der Waals surface area contributed by atoms with Crippen LogP contribution in [0.15, 0.2) is 95.9 Å². The predicted octanol–water partition coefficient (Wildman–Crippen LogP) is 3.04. The van der Waals surface area contributed by atoms with E-state index in [-0.39, 0.29) is 17.0 Å². The van der Waals surface area contributed by atoms with E-state index in [1.54, 1.807) is 35.0 Å². The molecule has 4 nitrogen and oxygen atoms in total. The fourth-order valence-electron chi connectivity index (χ4n) is 3.16. The fraction of sp³-hybridized carbons (Fsp3) is 0.0435. The molecule has 4 rings (SSSR count). The van der Waals surface area contributed by atoms with E-state index in [1.807, 2.05) is 66.7 Å². The number of allylic oxidation sites excluding steroid dienone is 1. The molecule has 0 unspecified atom stereocenters. The van der Waals surface area contributed by atoms with Gasteiger partial charge >= 0.3 is 5.56 Å². The maximum Gasteiger partial charge on any atom is 0.349 e. The molecule has 0 aliphatic rings. The van der Waals surface area contributed by atoms with Crippen LogP contribution in [0.1, 0.15) is 5.56 Å². The van der Waals surface area contributed by atoms with Gasteiger partial charge in [-0.05, 0) is 23.3 Å². The quantitative estimate of drug-likeness (QED) is 0.529. The normalized spacial score (nSPS) is 11.3. The molecule has 0 fully saturated rings. The summed E-state index contributed by atoms with van der Waals surface area (Å²) in [7, 11) is 0. The Morgan fingerprint density at radius 2 is 1.56 bits per heavy atom. The first-order valence-corrected chi connectivity index (χ1v) is 8.77. The van der Waals surface area contributed by atoms with Gasteiger partial charge in [-0.2, -0.15) is 4.40 Å². The molecular formula is C23H18N2O2. The van der Waals surface area contributed by atoms with Crippen LogP contribution in [0, 0.1) is 0 Å². The first-order valence-electron chi connectivity index (χ1n) is 8.77. The summed E-state index contributed by atoms with van der Waals surface area (Å²) in [5.74, 6) is -0.282. The topological polar surface area (TPSA) is 48.4 Å². The fourth-order valence-corrected chi connectivity index (χ4v) is 3.16. The zero-order valence-corrected chi connectivity index (χ0v) is 14.7. The highest BCUT2D eigenvalue weighted by molar-refractivity contribution is 5.66. The molecule has 132 valence electrons. The van der Waals surface area contributed by atoms with Gasteiger partial charge in [0.2, 0.25) is 0 Å². The zero-order valence-electron chi connectivity index (χ0n) is 14.7. The van der Waals surface area contributed by atoms with Gasteiger partial charge in [-0.25, -0.2) is 9.36 Å². The molecule has 2 aromatic carbocycles. The number of hydrogen-bond acceptors (Lipinski definition) is 2. The molecular weight excluding hydrogens is 336 g/mol. The van der Waals surface area contributed by atoms with Crippen molar-refractivity contribution in [1.82, 2.24) is 4.40 Å². The first kappa shape index (κ1) is 16.8. The molecule has 0 aliphatic carbocycles. The molecule has 0 N–H and O–H groups in total. The van der Waals surface area contributed by atoms with E-state index >= 15 is 0 Å². The number of benzene rings is 2. The van der Waals surface area contributed by atoms with Crippen molar-refractivity contribution >= 4 is 11.7 Å². The SMILES string of the molecule is O=c1c(-c2ccccc2)c([O-])[n+](C/C=C/c2ccccc2)c2ccccn12. The van der Waals surface area contributed by atoms with Gasteiger partial charge in [0, 0.05) is 6.07 Å². The van der Waals surface area contributed by atoms with Crippen LogP contribution in [0.2, 0.25) is 0 Å². The molecule has 0 aliphatic heterocycles. The lowest BCUT2D eigenvalue weighted by Gasteiger charge is -2.16. The van der Waals surface area contributed by atoms with Gasteiger partial charge in [0.05, 0.1) is 12.1 Å². The van der Waals surface area contributed by atoms with E-state index in [9.17, 15) is 9.90 Å². The van der Waals surface area contributed by atoms with Crippen molar-refractivity contribution in [1.29, 1.82) is 0 Å². The van der Waals surface area contributed by atoms with E-state index in [4.69, 9.17) is 0 Å². The number of aromatic nitrogens is 2. The van der Waals surface area contributed by atoms with Crippen molar-refractivity contribution in [3.8, 4) is 17.0 Å². The second-order valence-electron chi connectivity index (χ2n) is 6.20. The summed E-state index contributed by atoms with van der Waals surface area (Å²) in [5.41, 5.74) is 2.15. The molecule has 0 amide bonds. The summed E-state index contributed by atoms with van der Waals surface area (Å²) in [4.78, 5) is 12.9. The molecule has 0 bridgehead atoms. The molecule has 4 heteroatoms. The average Bonchev–Trinajstić information content (AvgIpc) is 2.72. The van der Waals surface area contributed by atoms with E-state index in [1.165, 1.54) is 4.40 Å². The van der Waals surface area contributed by atoms with Gasteiger partial charge in [0.1, 0.15) is 12.1 Å². The van der Waals surface area contributed by atoms with Gasteiger partial charge < -0.3 is 5.11 Å². The molecule has 0 saturated carbocycles. The van der Waals surface area contributed by atoms with Gasteiger partial charge in [-0.3, -0.25) is 0 Å². The number of hydrogen-bond donors (Lipinski definition) is 0. The lowest BCUT2D eigenvalue weighted by atomic mass is 10.1. The van der Waals surface area contributed by atoms with Gasteiger partial charge in [0.15, 0.2) is 0 Å². The van der Waals surface area contributed by atoms with Crippen LogP contribution in [0.4, 0.5) is 0 Å². The Morgan fingerprint density at radius 1 is 0.889 bits per heavy atom. The maximum absolute atomic E-state index is 13.2. The third-order valence-electron chi connectivity index (χ3n) is 4.47. The summed E-state index contributed by atoms with van der Waals surface area (Å²) in [6.07, 6.45) is 5.60. The Balaban J connectivity index is 1.86. The van der Waals surface area contributed by atoms with E-state index in [0.29, 0.717) is 17.8 Å². The van der Waals surface area contributed by atoms with E-state index in [0.717, 1.165) is 5.56 Å². The largest absolute Gasteiger partial charge is 0.842 e. The monoisotopic (exact) mass is 354 g/mol. The number of rotatable bonds is 4. The molecule has 0 atom stereocenters. The van der Waals surface area contributed by atoms with E-state index < -0.39 is 0 Å². The van der Waals surface area contributed by atoms with Gasteiger partial charge in [0.25, 0.3) is 5.65 Å². The van der Waals surface area contributed by atoms with Crippen molar-refractivity contribution in [2.45, 2.75) is 6.54 Å². The highest BCUT2D eigenvalue weighted by Crippen LogP contribution is 2.21. The second kappa shape index (κ2) is 7.30. The van der Waals surface area contributed by atoms with Crippen LogP contribution in [0.25, 0.3) is 22.9 Å². The lowest BCUT2D eigenvalue weighted by Crippen LogP contribution is -2.43. The average molecular weight is 354 g/mol. The van der Waals surface area contributed by atoms with Crippen LogP contribution in [-0.4, -0.2) is 4.40 Å². The highest BCUT2D eigenvalue weighted by atomic mass is 16.3. The standard InChI is InChI=1S/C23H18N2O2/c26-22-21(19-13-5-2-6-14-19)23(27)25(20-15-7-8-16-24(20)22)17-9-12-18-10-3-1-4-11-18/h1-16H,17H2/b12-9+. The van der Waals surface area contributed by atoms with Crippen molar-refractivity contribution in [2.75, 3.05) is 0 Å². The van der Waals surface area contributed by atoms with Crippen LogP contribution < -0.4 is 15.2 Å². The van der Waals surface area contributed by atoms with Crippen molar-refractivity contribution in [2.24, 2.45) is 0 Å². The Morgan fingerprint density at radius 3 is 2.30 bits per heavy atom. The summed E-state index contributed by atoms with van der Waals surface area (Å²) in [6, 6.07) is 24.4. The number of nitrogens with zero attached hydrogens (tertiary/aromatic N) is 2. The smallest absolute Gasteiger partial charge is 0.349 e. The third-order valence-corrected chi connectivity index (χ3v) is 4.47. The van der Waals surface area contributed by atoms with Crippen LogP contribution in [0.5, 0.6) is 5.88 Å². The summed E-state index contributed by atoms with van der Waals surface area (Å²) in [5, 5.41) is 13.2. The minimum absolute atomic E-state index is 0.187. The molecule has 2 heterocycles. The first-order chi connectivity index (χ1) is 13.3. The summed E-state index contributed by atoms with van der Waals surface area (Å²) >= 11 is 0. The molecule has 0 saturated heterocycles. The minimum atomic E-state index is -0.301. The van der Waals surface area contributed by atoms with Gasteiger partial charge in [-0.15, -0.1) is 0 Å². The van der Waals surface area contributed by atoms with Gasteiger partial charge in [-0.1, -0.05) is 72.8 Å². The number of fused-ring (bicyclic) bond motifs is 1. The molecule has 2 aromatic heterocycles. The van der Waals surface area contributed by atoms with Crippen molar-refractivity contribution in [3.63, 3.8) is 0 Å². The molecule has 0 spiro atoms. The molecule has 27 heavy (non-hydrogen) atoms. The Bertz CT molecular complexity index is 1160. The van der Waals surface area contributed by atoms with Crippen LogP contribution in [0.3, 0.4) is 0 Å². The Hall–Kier alpha value is -3.66. The minimum Gasteiger partial charge on any atom is -0.842 e.